The number of halogens is 4. The number of rotatable bonds is 4. The standard InChI is InChI=1S/C14H18F4N2/c1-20-4-2-3-13(20)9-19-8-10-5-11(14(16,17)18)7-12(15)6-10/h5-7,13,19H,2-4,8-9H2,1H3. The Hall–Kier alpha value is -1.14. The number of likely N-dealkylation sites (tertiary alicyclic amines) is 1. The van der Waals surface area contributed by atoms with Gasteiger partial charge in [-0.15, -0.1) is 0 Å². The predicted molar refractivity (Wildman–Crippen MR) is 68.8 cm³/mol. The van der Waals surface area contributed by atoms with Crippen molar-refractivity contribution in [3.63, 3.8) is 0 Å². The number of alkyl halides is 3. The molecule has 1 aliphatic rings. The van der Waals surface area contributed by atoms with E-state index >= 15 is 0 Å². The maximum absolute atomic E-state index is 13.2. The van der Waals surface area contributed by atoms with Crippen molar-refractivity contribution in [3.8, 4) is 0 Å². The monoisotopic (exact) mass is 290 g/mol. The maximum atomic E-state index is 13.2. The van der Waals surface area contributed by atoms with Crippen LogP contribution in [0.4, 0.5) is 17.6 Å². The quantitative estimate of drug-likeness (QED) is 0.858. The summed E-state index contributed by atoms with van der Waals surface area (Å²) in [6.07, 6.45) is -2.29. The predicted octanol–water partition coefficient (Wildman–Crippen LogP) is 3.03. The van der Waals surface area contributed by atoms with Crippen LogP contribution < -0.4 is 5.32 Å². The minimum absolute atomic E-state index is 0.241. The molecule has 0 spiro atoms. The number of likely N-dealkylation sites (N-methyl/N-ethyl adjacent to an activating group) is 1. The van der Waals surface area contributed by atoms with Crippen molar-refractivity contribution in [1.82, 2.24) is 10.2 Å². The van der Waals surface area contributed by atoms with E-state index in [1.807, 2.05) is 7.05 Å². The summed E-state index contributed by atoms with van der Waals surface area (Å²) in [6.45, 7) is 1.99. The molecule has 2 nitrogen and oxygen atoms in total. The lowest BCUT2D eigenvalue weighted by atomic mass is 10.1. The molecule has 20 heavy (non-hydrogen) atoms. The first-order valence-electron chi connectivity index (χ1n) is 6.64. The van der Waals surface area contributed by atoms with Gasteiger partial charge in [-0.25, -0.2) is 4.39 Å². The van der Waals surface area contributed by atoms with Gasteiger partial charge in [0.2, 0.25) is 0 Å². The fourth-order valence-electron chi connectivity index (χ4n) is 2.54. The number of nitrogens with one attached hydrogen (secondary N) is 1. The van der Waals surface area contributed by atoms with E-state index in [1.165, 1.54) is 0 Å². The van der Waals surface area contributed by atoms with E-state index in [0.717, 1.165) is 31.5 Å². The van der Waals surface area contributed by atoms with Crippen molar-refractivity contribution in [2.24, 2.45) is 0 Å². The molecular weight excluding hydrogens is 272 g/mol. The molecule has 1 atom stereocenters. The molecule has 0 aliphatic carbocycles. The Morgan fingerprint density at radius 2 is 2.05 bits per heavy atom. The van der Waals surface area contributed by atoms with Gasteiger partial charge in [0.05, 0.1) is 5.56 Å². The minimum Gasteiger partial charge on any atom is -0.311 e. The van der Waals surface area contributed by atoms with Gasteiger partial charge in [-0.3, -0.25) is 0 Å². The topological polar surface area (TPSA) is 15.3 Å². The zero-order valence-electron chi connectivity index (χ0n) is 11.3. The third-order valence-electron chi connectivity index (χ3n) is 3.67. The van der Waals surface area contributed by atoms with Gasteiger partial charge >= 0.3 is 6.18 Å². The molecule has 112 valence electrons. The molecule has 1 aliphatic heterocycles. The first-order chi connectivity index (χ1) is 9.36. The van der Waals surface area contributed by atoms with E-state index in [4.69, 9.17) is 0 Å². The average Bonchev–Trinajstić information content (AvgIpc) is 2.73. The molecule has 0 saturated carbocycles. The highest BCUT2D eigenvalue weighted by atomic mass is 19.4. The van der Waals surface area contributed by atoms with Gasteiger partial charge in [-0.1, -0.05) is 0 Å². The molecule has 1 N–H and O–H groups in total. The van der Waals surface area contributed by atoms with Crippen LogP contribution in [0, 0.1) is 5.82 Å². The molecule has 1 unspecified atom stereocenters. The van der Waals surface area contributed by atoms with Crippen LogP contribution in [0.25, 0.3) is 0 Å². The summed E-state index contributed by atoms with van der Waals surface area (Å²) in [6, 6.07) is 3.06. The smallest absolute Gasteiger partial charge is 0.311 e. The number of hydrogen-bond acceptors (Lipinski definition) is 2. The first kappa shape index (κ1) is 15.3. The van der Waals surface area contributed by atoms with Crippen LogP contribution in [-0.4, -0.2) is 31.1 Å². The number of benzene rings is 1. The summed E-state index contributed by atoms with van der Waals surface area (Å²) in [5, 5.41) is 3.10. The van der Waals surface area contributed by atoms with Crippen LogP contribution in [0.15, 0.2) is 18.2 Å². The highest BCUT2D eigenvalue weighted by molar-refractivity contribution is 5.26. The molecule has 1 aromatic carbocycles. The Kier molecular flexibility index (Phi) is 4.65. The zero-order chi connectivity index (χ0) is 14.8. The second-order valence-electron chi connectivity index (χ2n) is 5.25. The van der Waals surface area contributed by atoms with E-state index in [-0.39, 0.29) is 6.54 Å². The third-order valence-corrected chi connectivity index (χ3v) is 3.67. The second kappa shape index (κ2) is 6.10. The van der Waals surface area contributed by atoms with Crippen LogP contribution in [0.3, 0.4) is 0 Å². The molecule has 1 fully saturated rings. The van der Waals surface area contributed by atoms with E-state index < -0.39 is 17.6 Å². The molecule has 0 radical (unpaired) electrons. The van der Waals surface area contributed by atoms with Crippen LogP contribution >= 0.6 is 0 Å². The van der Waals surface area contributed by atoms with Gasteiger partial charge in [0.1, 0.15) is 5.82 Å². The SMILES string of the molecule is CN1CCCC1CNCc1cc(F)cc(C(F)(F)F)c1. The van der Waals surface area contributed by atoms with Crippen LogP contribution in [0.1, 0.15) is 24.0 Å². The summed E-state index contributed by atoms with van der Waals surface area (Å²) in [5.41, 5.74) is -0.620. The van der Waals surface area contributed by atoms with Crippen molar-refractivity contribution in [2.75, 3.05) is 20.1 Å². The zero-order valence-corrected chi connectivity index (χ0v) is 11.3. The van der Waals surface area contributed by atoms with Gasteiger partial charge in [-0.05, 0) is 50.2 Å². The number of nitrogens with zero attached hydrogens (tertiary/aromatic N) is 1. The minimum atomic E-state index is -4.51. The fourth-order valence-corrected chi connectivity index (χ4v) is 2.54. The Morgan fingerprint density at radius 1 is 1.30 bits per heavy atom. The van der Waals surface area contributed by atoms with E-state index in [1.54, 1.807) is 0 Å². The molecule has 0 amide bonds. The Morgan fingerprint density at radius 3 is 2.65 bits per heavy atom. The lowest BCUT2D eigenvalue weighted by molar-refractivity contribution is -0.137. The third kappa shape index (κ3) is 3.93. The molecular formula is C14H18F4N2. The summed E-state index contributed by atoms with van der Waals surface area (Å²) in [4.78, 5) is 2.22. The summed E-state index contributed by atoms with van der Waals surface area (Å²) < 4.78 is 50.9. The van der Waals surface area contributed by atoms with Crippen LogP contribution in [0.2, 0.25) is 0 Å². The molecule has 0 aromatic heterocycles. The summed E-state index contributed by atoms with van der Waals surface area (Å²) in [5.74, 6) is -0.852. The second-order valence-corrected chi connectivity index (χ2v) is 5.25. The van der Waals surface area contributed by atoms with Crippen LogP contribution in [0.5, 0.6) is 0 Å². The first-order valence-corrected chi connectivity index (χ1v) is 6.64. The summed E-state index contributed by atoms with van der Waals surface area (Å²) >= 11 is 0. The van der Waals surface area contributed by atoms with Gasteiger partial charge in [0.15, 0.2) is 0 Å². The van der Waals surface area contributed by atoms with Crippen molar-refractivity contribution >= 4 is 0 Å². The van der Waals surface area contributed by atoms with Crippen molar-refractivity contribution in [1.29, 1.82) is 0 Å². The van der Waals surface area contributed by atoms with E-state index in [0.29, 0.717) is 24.2 Å². The van der Waals surface area contributed by atoms with E-state index in [2.05, 4.69) is 10.2 Å². The molecule has 0 bridgehead atoms. The molecule has 1 saturated heterocycles. The van der Waals surface area contributed by atoms with Gasteiger partial charge < -0.3 is 10.2 Å². The Balaban J connectivity index is 1.94. The molecule has 6 heteroatoms. The van der Waals surface area contributed by atoms with Gasteiger partial charge in [-0.2, -0.15) is 13.2 Å². The largest absolute Gasteiger partial charge is 0.416 e. The highest BCUT2D eigenvalue weighted by Crippen LogP contribution is 2.30. The Bertz CT molecular complexity index is 459. The normalized spacial score (nSPS) is 20.6. The van der Waals surface area contributed by atoms with Crippen molar-refractivity contribution in [2.45, 2.75) is 31.6 Å². The van der Waals surface area contributed by atoms with E-state index in [9.17, 15) is 17.6 Å². The lowest BCUT2D eigenvalue weighted by Gasteiger charge is -2.20. The molecule has 1 aromatic rings. The lowest BCUT2D eigenvalue weighted by Crippen LogP contribution is -2.35. The maximum Gasteiger partial charge on any atom is 0.416 e. The van der Waals surface area contributed by atoms with Gasteiger partial charge in [0, 0.05) is 19.1 Å². The number of hydrogen-bond donors (Lipinski definition) is 1. The highest BCUT2D eigenvalue weighted by Gasteiger charge is 2.31. The van der Waals surface area contributed by atoms with Crippen LogP contribution in [-0.2, 0) is 12.7 Å². The van der Waals surface area contributed by atoms with Crippen molar-refractivity contribution in [3.05, 3.63) is 35.1 Å². The van der Waals surface area contributed by atoms with Crippen molar-refractivity contribution < 1.29 is 17.6 Å². The molecule has 2 rings (SSSR count). The fraction of sp³-hybridized carbons (Fsp3) is 0.571. The summed E-state index contributed by atoms with van der Waals surface area (Å²) in [7, 11) is 2.03. The van der Waals surface area contributed by atoms with Gasteiger partial charge in [0.25, 0.3) is 0 Å². The Labute approximate surface area is 115 Å². The average molecular weight is 290 g/mol. The molecule has 1 heterocycles.